The molecule has 86 valence electrons. The van der Waals surface area contributed by atoms with E-state index in [9.17, 15) is 13.6 Å². The van der Waals surface area contributed by atoms with Gasteiger partial charge in [-0.25, -0.2) is 8.78 Å². The zero-order valence-corrected chi connectivity index (χ0v) is 8.80. The van der Waals surface area contributed by atoms with E-state index < -0.39 is 17.2 Å². The summed E-state index contributed by atoms with van der Waals surface area (Å²) in [6, 6.07) is 3.11. The first kappa shape index (κ1) is 11.2. The lowest BCUT2D eigenvalue weighted by Gasteiger charge is -2.36. The van der Waals surface area contributed by atoms with Gasteiger partial charge < -0.3 is 5.73 Å². The first-order valence-electron chi connectivity index (χ1n) is 5.27. The second-order valence-electron chi connectivity index (χ2n) is 4.35. The Morgan fingerprint density at radius 2 is 2.06 bits per heavy atom. The fourth-order valence-electron chi connectivity index (χ4n) is 1.86. The smallest absolute Gasteiger partial charge is 0.157 e. The first-order chi connectivity index (χ1) is 7.51. The van der Waals surface area contributed by atoms with E-state index in [1.54, 1.807) is 0 Å². The van der Waals surface area contributed by atoms with Gasteiger partial charge in [0.25, 0.3) is 0 Å². The standard InChI is InChI=1S/C12H13F2NO/c13-9-2-3-10(14)8(6-9)7-11(16)12(15)4-1-5-12/h2-3,6H,1,4-5,7,15H2. The average Bonchev–Trinajstić information content (AvgIpc) is 2.20. The normalized spacial score (nSPS) is 17.9. The third kappa shape index (κ3) is 1.97. The second-order valence-corrected chi connectivity index (χ2v) is 4.35. The zero-order valence-electron chi connectivity index (χ0n) is 8.80. The summed E-state index contributed by atoms with van der Waals surface area (Å²) in [4.78, 5) is 11.8. The lowest BCUT2D eigenvalue weighted by molar-refractivity contribution is -0.126. The molecule has 0 amide bonds. The van der Waals surface area contributed by atoms with Crippen molar-refractivity contribution in [2.75, 3.05) is 0 Å². The molecule has 0 aliphatic heterocycles. The van der Waals surface area contributed by atoms with Gasteiger partial charge in [-0.3, -0.25) is 4.79 Å². The Balaban J connectivity index is 2.14. The van der Waals surface area contributed by atoms with Crippen molar-refractivity contribution in [3.63, 3.8) is 0 Å². The number of halogens is 2. The molecule has 0 radical (unpaired) electrons. The summed E-state index contributed by atoms with van der Waals surface area (Å²) in [6.45, 7) is 0. The van der Waals surface area contributed by atoms with Crippen molar-refractivity contribution < 1.29 is 13.6 Å². The Hall–Kier alpha value is -1.29. The molecule has 2 rings (SSSR count). The molecule has 2 N–H and O–H groups in total. The predicted octanol–water partition coefficient (Wildman–Crippen LogP) is 1.96. The summed E-state index contributed by atoms with van der Waals surface area (Å²) in [7, 11) is 0. The summed E-state index contributed by atoms with van der Waals surface area (Å²) in [5.74, 6) is -1.30. The van der Waals surface area contributed by atoms with Crippen LogP contribution in [0.3, 0.4) is 0 Å². The summed E-state index contributed by atoms with van der Waals surface area (Å²) in [6.07, 6.45) is 2.08. The molecule has 16 heavy (non-hydrogen) atoms. The Kier molecular flexibility index (Phi) is 2.76. The number of nitrogens with two attached hydrogens (primary N) is 1. The Bertz CT molecular complexity index is 427. The van der Waals surface area contributed by atoms with Crippen molar-refractivity contribution in [1.82, 2.24) is 0 Å². The highest BCUT2D eigenvalue weighted by Crippen LogP contribution is 2.31. The van der Waals surface area contributed by atoms with Gasteiger partial charge in [0.2, 0.25) is 0 Å². The Morgan fingerprint density at radius 1 is 1.38 bits per heavy atom. The Labute approximate surface area is 92.4 Å². The third-order valence-corrected chi connectivity index (χ3v) is 3.16. The minimum Gasteiger partial charge on any atom is -0.319 e. The molecule has 2 nitrogen and oxygen atoms in total. The number of benzene rings is 1. The molecule has 1 aromatic carbocycles. The molecule has 1 aliphatic rings. The van der Waals surface area contributed by atoms with Crippen LogP contribution in [-0.2, 0) is 11.2 Å². The molecule has 1 aromatic rings. The maximum absolute atomic E-state index is 13.3. The fourth-order valence-corrected chi connectivity index (χ4v) is 1.86. The van der Waals surface area contributed by atoms with Crippen LogP contribution >= 0.6 is 0 Å². The van der Waals surface area contributed by atoms with E-state index in [4.69, 9.17) is 5.73 Å². The van der Waals surface area contributed by atoms with Crippen molar-refractivity contribution in [3.05, 3.63) is 35.4 Å². The van der Waals surface area contributed by atoms with Crippen molar-refractivity contribution in [1.29, 1.82) is 0 Å². The highest BCUT2D eigenvalue weighted by atomic mass is 19.1. The van der Waals surface area contributed by atoms with E-state index in [1.807, 2.05) is 0 Å². The van der Waals surface area contributed by atoms with Gasteiger partial charge in [-0.1, -0.05) is 0 Å². The Morgan fingerprint density at radius 3 is 2.62 bits per heavy atom. The molecule has 0 unspecified atom stereocenters. The second kappa shape index (κ2) is 3.94. The number of carbonyl (C=O) groups is 1. The van der Waals surface area contributed by atoms with Crippen LogP contribution < -0.4 is 5.73 Å². The minimum atomic E-state index is -0.807. The molecule has 0 saturated heterocycles. The van der Waals surface area contributed by atoms with Gasteiger partial charge in [-0.05, 0) is 43.0 Å². The molecule has 1 fully saturated rings. The maximum Gasteiger partial charge on any atom is 0.157 e. The van der Waals surface area contributed by atoms with Crippen molar-refractivity contribution in [3.8, 4) is 0 Å². The van der Waals surface area contributed by atoms with Crippen LogP contribution in [0.2, 0.25) is 0 Å². The van der Waals surface area contributed by atoms with Crippen molar-refractivity contribution in [2.45, 2.75) is 31.2 Å². The van der Waals surface area contributed by atoms with Crippen LogP contribution in [0, 0.1) is 11.6 Å². The predicted molar refractivity (Wildman–Crippen MR) is 55.8 cm³/mol. The highest BCUT2D eigenvalue weighted by Gasteiger charge is 2.39. The van der Waals surface area contributed by atoms with Crippen LogP contribution in [0.4, 0.5) is 8.78 Å². The van der Waals surface area contributed by atoms with Gasteiger partial charge in [-0.15, -0.1) is 0 Å². The van der Waals surface area contributed by atoms with Crippen LogP contribution in [0.25, 0.3) is 0 Å². The fraction of sp³-hybridized carbons (Fsp3) is 0.417. The number of ketones is 1. The molecule has 0 bridgehead atoms. The quantitative estimate of drug-likeness (QED) is 0.854. The number of hydrogen-bond acceptors (Lipinski definition) is 2. The van der Waals surface area contributed by atoms with E-state index in [2.05, 4.69) is 0 Å². The third-order valence-electron chi connectivity index (χ3n) is 3.16. The molecule has 1 saturated carbocycles. The molecule has 4 heteroatoms. The highest BCUT2D eigenvalue weighted by molar-refractivity contribution is 5.90. The largest absolute Gasteiger partial charge is 0.319 e. The molecule has 1 aliphatic carbocycles. The van der Waals surface area contributed by atoms with Gasteiger partial charge in [-0.2, -0.15) is 0 Å². The number of hydrogen-bond donors (Lipinski definition) is 1. The van der Waals surface area contributed by atoms with E-state index in [1.165, 1.54) is 0 Å². The topological polar surface area (TPSA) is 43.1 Å². The van der Waals surface area contributed by atoms with Gasteiger partial charge in [0.1, 0.15) is 11.6 Å². The van der Waals surface area contributed by atoms with Crippen LogP contribution in [0.5, 0.6) is 0 Å². The lowest BCUT2D eigenvalue weighted by Crippen LogP contribution is -2.54. The number of Topliss-reactive ketones (excluding diaryl/α,β-unsaturated/α-hetero) is 1. The number of rotatable bonds is 3. The van der Waals surface area contributed by atoms with Crippen molar-refractivity contribution >= 4 is 5.78 Å². The van der Waals surface area contributed by atoms with Crippen LogP contribution in [0.15, 0.2) is 18.2 Å². The van der Waals surface area contributed by atoms with Gasteiger partial charge in [0, 0.05) is 6.42 Å². The van der Waals surface area contributed by atoms with Crippen LogP contribution in [0.1, 0.15) is 24.8 Å². The van der Waals surface area contributed by atoms with Gasteiger partial charge >= 0.3 is 0 Å². The van der Waals surface area contributed by atoms with Gasteiger partial charge in [0.15, 0.2) is 5.78 Å². The summed E-state index contributed by atoms with van der Waals surface area (Å²) >= 11 is 0. The van der Waals surface area contributed by atoms with E-state index in [-0.39, 0.29) is 17.8 Å². The van der Waals surface area contributed by atoms with E-state index in [0.29, 0.717) is 12.8 Å². The van der Waals surface area contributed by atoms with Crippen molar-refractivity contribution in [2.24, 2.45) is 5.73 Å². The molecule has 0 atom stereocenters. The number of carbonyl (C=O) groups excluding carboxylic acids is 1. The van der Waals surface area contributed by atoms with E-state index >= 15 is 0 Å². The zero-order chi connectivity index (χ0) is 11.8. The first-order valence-corrected chi connectivity index (χ1v) is 5.27. The summed E-state index contributed by atoms with van der Waals surface area (Å²) in [5, 5.41) is 0. The molecule has 0 spiro atoms. The summed E-state index contributed by atoms with van der Waals surface area (Å²) < 4.78 is 26.2. The lowest BCUT2D eigenvalue weighted by atomic mass is 9.73. The van der Waals surface area contributed by atoms with Gasteiger partial charge in [0.05, 0.1) is 5.54 Å². The minimum absolute atomic E-state index is 0.0849. The van der Waals surface area contributed by atoms with E-state index in [0.717, 1.165) is 24.6 Å². The summed E-state index contributed by atoms with van der Waals surface area (Å²) in [5.41, 5.74) is 5.09. The molecule has 0 aromatic heterocycles. The maximum atomic E-state index is 13.3. The monoisotopic (exact) mass is 225 g/mol. The van der Waals surface area contributed by atoms with Crippen LogP contribution in [-0.4, -0.2) is 11.3 Å². The molecular weight excluding hydrogens is 212 g/mol. The molecular formula is C12H13F2NO. The SMILES string of the molecule is NC1(C(=O)Cc2cc(F)ccc2F)CCC1. The average molecular weight is 225 g/mol. The molecule has 0 heterocycles.